The van der Waals surface area contributed by atoms with E-state index in [0.29, 0.717) is 0 Å². The van der Waals surface area contributed by atoms with E-state index in [0.717, 1.165) is 36.0 Å². The molecule has 0 aliphatic heterocycles. The number of halogens is 1. The van der Waals surface area contributed by atoms with Crippen LogP contribution >= 0.6 is 15.9 Å². The van der Waals surface area contributed by atoms with E-state index in [4.69, 9.17) is 5.26 Å². The Morgan fingerprint density at radius 3 is 2.47 bits per heavy atom. The van der Waals surface area contributed by atoms with Crippen LogP contribution in [0.25, 0.3) is 0 Å². The van der Waals surface area contributed by atoms with Gasteiger partial charge in [0.2, 0.25) is 0 Å². The van der Waals surface area contributed by atoms with Crippen LogP contribution < -0.4 is 0 Å². The molecule has 0 fully saturated rings. The molecule has 0 atom stereocenters. The van der Waals surface area contributed by atoms with E-state index in [1.54, 1.807) is 0 Å². The minimum atomic E-state index is -0.199. The molecule has 0 bridgehead atoms. The highest BCUT2D eigenvalue weighted by Crippen LogP contribution is 2.23. The van der Waals surface area contributed by atoms with Gasteiger partial charge in [-0.3, -0.25) is 4.68 Å². The van der Waals surface area contributed by atoms with Crippen LogP contribution in [0, 0.1) is 30.6 Å². The Hall–Kier alpha value is -0.820. The van der Waals surface area contributed by atoms with Gasteiger partial charge in [0.25, 0.3) is 0 Å². The zero-order valence-corrected chi connectivity index (χ0v) is 12.6. The fourth-order valence-electron chi connectivity index (χ4n) is 1.78. The number of rotatable bonds is 5. The number of nitriles is 1. The Balaban J connectivity index is 2.42. The molecule has 0 N–H and O–H groups in total. The van der Waals surface area contributed by atoms with Crippen LogP contribution in [0.4, 0.5) is 0 Å². The van der Waals surface area contributed by atoms with Gasteiger partial charge in [-0.15, -0.1) is 0 Å². The number of aromatic nitrogens is 2. The third-order valence-electron chi connectivity index (χ3n) is 3.02. The first-order valence-electron chi connectivity index (χ1n) is 5.98. The van der Waals surface area contributed by atoms with E-state index in [2.05, 4.69) is 34.0 Å². The molecule has 0 unspecified atom stereocenters. The van der Waals surface area contributed by atoms with E-state index >= 15 is 0 Å². The highest BCUT2D eigenvalue weighted by molar-refractivity contribution is 9.10. The molecule has 4 heteroatoms. The maximum Gasteiger partial charge on any atom is 0.0738 e. The molecule has 17 heavy (non-hydrogen) atoms. The van der Waals surface area contributed by atoms with Crippen LogP contribution in [-0.4, -0.2) is 9.78 Å². The fourth-order valence-corrected chi connectivity index (χ4v) is 2.06. The van der Waals surface area contributed by atoms with E-state index < -0.39 is 0 Å². The van der Waals surface area contributed by atoms with Crippen molar-refractivity contribution in [1.29, 1.82) is 5.26 Å². The maximum atomic E-state index is 8.92. The van der Waals surface area contributed by atoms with Crippen LogP contribution in [0.5, 0.6) is 0 Å². The lowest BCUT2D eigenvalue weighted by atomic mass is 9.89. The summed E-state index contributed by atoms with van der Waals surface area (Å²) >= 11 is 3.53. The molecule has 0 saturated carbocycles. The third kappa shape index (κ3) is 3.85. The summed E-state index contributed by atoms with van der Waals surface area (Å²) in [5.74, 6) is 0. The van der Waals surface area contributed by atoms with Crippen LogP contribution in [0.3, 0.4) is 0 Å². The molecule has 0 aliphatic carbocycles. The Bertz CT molecular complexity index is 427. The van der Waals surface area contributed by atoms with Gasteiger partial charge in [-0.2, -0.15) is 10.4 Å². The van der Waals surface area contributed by atoms with Gasteiger partial charge >= 0.3 is 0 Å². The van der Waals surface area contributed by atoms with Crippen molar-refractivity contribution in [2.75, 3.05) is 0 Å². The second-order valence-electron chi connectivity index (χ2n) is 5.16. The van der Waals surface area contributed by atoms with E-state index in [1.807, 2.05) is 25.5 Å². The van der Waals surface area contributed by atoms with Crippen LogP contribution in [0.1, 0.15) is 44.5 Å². The van der Waals surface area contributed by atoms with Gasteiger partial charge in [0, 0.05) is 12.2 Å². The largest absolute Gasteiger partial charge is 0.268 e. The van der Waals surface area contributed by atoms with Crippen LogP contribution in [0.2, 0.25) is 0 Å². The lowest BCUT2D eigenvalue weighted by Gasteiger charge is -2.14. The zero-order valence-electron chi connectivity index (χ0n) is 11.0. The molecule has 94 valence electrons. The second kappa shape index (κ2) is 5.68. The van der Waals surface area contributed by atoms with Gasteiger partial charge in [0.1, 0.15) is 0 Å². The Morgan fingerprint density at radius 2 is 2.00 bits per heavy atom. The topological polar surface area (TPSA) is 41.6 Å². The van der Waals surface area contributed by atoms with Crippen molar-refractivity contribution in [2.24, 2.45) is 5.41 Å². The van der Waals surface area contributed by atoms with Crippen molar-refractivity contribution in [3.05, 3.63) is 15.9 Å². The first kappa shape index (κ1) is 14.2. The quantitative estimate of drug-likeness (QED) is 0.771. The van der Waals surface area contributed by atoms with Crippen molar-refractivity contribution < 1.29 is 0 Å². The summed E-state index contributed by atoms with van der Waals surface area (Å²) < 4.78 is 3.15. The lowest BCUT2D eigenvalue weighted by molar-refractivity contribution is 0.410. The van der Waals surface area contributed by atoms with Crippen LogP contribution in [-0.2, 0) is 6.54 Å². The number of hydrogen-bond donors (Lipinski definition) is 0. The van der Waals surface area contributed by atoms with Crippen molar-refractivity contribution >= 4 is 15.9 Å². The minimum Gasteiger partial charge on any atom is -0.268 e. The molecule has 1 aromatic rings. The maximum absolute atomic E-state index is 8.92. The predicted molar refractivity (Wildman–Crippen MR) is 72.6 cm³/mol. The van der Waals surface area contributed by atoms with E-state index in [9.17, 15) is 0 Å². The first-order chi connectivity index (χ1) is 7.87. The molecule has 1 rings (SSSR count). The van der Waals surface area contributed by atoms with Crippen molar-refractivity contribution in [3.8, 4) is 6.07 Å². The molecule has 0 amide bonds. The fraction of sp³-hybridized carbons (Fsp3) is 0.692. The number of nitrogens with zero attached hydrogens (tertiary/aromatic N) is 3. The summed E-state index contributed by atoms with van der Waals surface area (Å²) in [5, 5.41) is 13.4. The van der Waals surface area contributed by atoms with Gasteiger partial charge in [-0.05, 0) is 56.5 Å². The summed E-state index contributed by atoms with van der Waals surface area (Å²) in [6.45, 7) is 9.00. The second-order valence-corrected chi connectivity index (χ2v) is 5.95. The number of aryl methyl sites for hydroxylation is 2. The molecule has 0 aliphatic rings. The summed E-state index contributed by atoms with van der Waals surface area (Å²) in [4.78, 5) is 0. The molecule has 0 aromatic carbocycles. The summed E-state index contributed by atoms with van der Waals surface area (Å²) in [6, 6.07) is 2.33. The highest BCUT2D eigenvalue weighted by atomic mass is 79.9. The molecule has 1 heterocycles. The van der Waals surface area contributed by atoms with Crippen LogP contribution in [0.15, 0.2) is 4.47 Å². The first-order valence-corrected chi connectivity index (χ1v) is 6.77. The Labute approximate surface area is 112 Å². The Morgan fingerprint density at radius 1 is 1.35 bits per heavy atom. The van der Waals surface area contributed by atoms with Crippen molar-refractivity contribution in [3.63, 3.8) is 0 Å². The average Bonchev–Trinajstić information content (AvgIpc) is 2.52. The summed E-state index contributed by atoms with van der Waals surface area (Å²) in [7, 11) is 0. The van der Waals surface area contributed by atoms with Gasteiger partial charge in [0.05, 0.1) is 21.7 Å². The van der Waals surface area contributed by atoms with Gasteiger partial charge in [0.15, 0.2) is 0 Å². The van der Waals surface area contributed by atoms with Gasteiger partial charge < -0.3 is 0 Å². The summed E-state index contributed by atoms with van der Waals surface area (Å²) in [6.07, 6.45) is 3.08. The zero-order chi connectivity index (χ0) is 13.1. The molecular formula is C13H20BrN3. The standard InChI is InChI=1S/C13H20BrN3/c1-10-12(14)11(2)17(16-10)8-6-5-7-13(3,4)9-15/h5-8H2,1-4H3. The van der Waals surface area contributed by atoms with E-state index in [-0.39, 0.29) is 5.41 Å². The van der Waals surface area contributed by atoms with E-state index in [1.165, 1.54) is 5.69 Å². The van der Waals surface area contributed by atoms with Gasteiger partial charge in [-0.25, -0.2) is 0 Å². The SMILES string of the molecule is Cc1nn(CCCCC(C)(C)C#N)c(C)c1Br. The predicted octanol–water partition coefficient (Wildman–Crippen LogP) is 3.98. The molecule has 0 radical (unpaired) electrons. The average molecular weight is 298 g/mol. The highest BCUT2D eigenvalue weighted by Gasteiger charge is 2.15. The lowest BCUT2D eigenvalue weighted by Crippen LogP contribution is -2.09. The molecule has 1 aromatic heterocycles. The normalized spacial score (nSPS) is 11.5. The Kier molecular flexibility index (Phi) is 4.76. The molecular weight excluding hydrogens is 278 g/mol. The number of hydrogen-bond acceptors (Lipinski definition) is 2. The molecule has 0 saturated heterocycles. The smallest absolute Gasteiger partial charge is 0.0738 e. The molecule has 3 nitrogen and oxygen atoms in total. The summed E-state index contributed by atoms with van der Waals surface area (Å²) in [5.41, 5.74) is 2.03. The number of unbranched alkanes of at least 4 members (excludes halogenated alkanes) is 1. The van der Waals surface area contributed by atoms with Crippen molar-refractivity contribution in [2.45, 2.75) is 53.5 Å². The molecule has 0 spiro atoms. The third-order valence-corrected chi connectivity index (χ3v) is 4.17. The van der Waals surface area contributed by atoms with Gasteiger partial charge in [-0.1, -0.05) is 6.42 Å². The monoisotopic (exact) mass is 297 g/mol. The minimum absolute atomic E-state index is 0.199. The van der Waals surface area contributed by atoms with Crippen molar-refractivity contribution in [1.82, 2.24) is 9.78 Å².